The van der Waals surface area contributed by atoms with Crippen molar-refractivity contribution in [1.82, 2.24) is 5.32 Å². The van der Waals surface area contributed by atoms with Gasteiger partial charge in [0.2, 0.25) is 0 Å². The second-order valence-corrected chi connectivity index (χ2v) is 6.75. The molecule has 0 radical (unpaired) electrons. The molecule has 0 saturated heterocycles. The molecule has 1 N–H and O–H groups in total. The van der Waals surface area contributed by atoms with Gasteiger partial charge in [0.05, 0.1) is 6.04 Å². The molecule has 0 aliphatic rings. The fourth-order valence-electron chi connectivity index (χ4n) is 2.75. The highest BCUT2D eigenvalue weighted by atomic mass is 16.5. The summed E-state index contributed by atoms with van der Waals surface area (Å²) >= 11 is 0. The average Bonchev–Trinajstić information content (AvgIpc) is 2.64. The molecule has 0 fully saturated rings. The first-order chi connectivity index (χ1) is 12.4. The van der Waals surface area contributed by atoms with Gasteiger partial charge in [0.25, 0.3) is 5.91 Å². The quantitative estimate of drug-likeness (QED) is 0.718. The SMILES string of the molecule is CCc1ccc(C(NC(=O)COc2ccc(C(C)=O)cc2)C(C)C)cc1. The van der Waals surface area contributed by atoms with Gasteiger partial charge in [-0.25, -0.2) is 0 Å². The maximum atomic E-state index is 12.3. The number of Topliss-reactive ketones (excluding diaryl/α,β-unsaturated/α-hetero) is 1. The highest BCUT2D eigenvalue weighted by Gasteiger charge is 2.18. The van der Waals surface area contributed by atoms with Crippen molar-refractivity contribution in [2.75, 3.05) is 6.61 Å². The van der Waals surface area contributed by atoms with Crippen LogP contribution < -0.4 is 10.1 Å². The third kappa shape index (κ3) is 5.45. The first-order valence-electron chi connectivity index (χ1n) is 9.02. The molecule has 0 heterocycles. The summed E-state index contributed by atoms with van der Waals surface area (Å²) in [5.41, 5.74) is 2.99. The van der Waals surface area contributed by atoms with E-state index in [0.717, 1.165) is 12.0 Å². The number of hydrogen-bond donors (Lipinski definition) is 1. The number of hydrogen-bond acceptors (Lipinski definition) is 3. The van der Waals surface area contributed by atoms with E-state index in [9.17, 15) is 9.59 Å². The number of aryl methyl sites for hydroxylation is 1. The molecular formula is C22H27NO3. The topological polar surface area (TPSA) is 55.4 Å². The molecule has 0 aromatic heterocycles. The summed E-state index contributed by atoms with van der Waals surface area (Å²) in [4.78, 5) is 23.6. The molecule has 26 heavy (non-hydrogen) atoms. The minimum atomic E-state index is -0.168. The molecule has 0 bridgehead atoms. The van der Waals surface area contributed by atoms with Gasteiger partial charge < -0.3 is 10.1 Å². The third-order valence-electron chi connectivity index (χ3n) is 4.36. The number of ether oxygens (including phenoxy) is 1. The largest absolute Gasteiger partial charge is 0.484 e. The lowest BCUT2D eigenvalue weighted by molar-refractivity contribution is -0.124. The van der Waals surface area contributed by atoms with Crippen LogP contribution in [-0.2, 0) is 11.2 Å². The zero-order chi connectivity index (χ0) is 19.1. The van der Waals surface area contributed by atoms with Crippen LogP contribution in [0.15, 0.2) is 48.5 Å². The maximum Gasteiger partial charge on any atom is 0.258 e. The van der Waals surface area contributed by atoms with E-state index < -0.39 is 0 Å². The number of carbonyl (C=O) groups excluding carboxylic acids is 2. The van der Waals surface area contributed by atoms with Gasteiger partial charge in [-0.15, -0.1) is 0 Å². The zero-order valence-electron chi connectivity index (χ0n) is 15.9. The predicted octanol–water partition coefficient (Wildman–Crippen LogP) is 4.34. The van der Waals surface area contributed by atoms with Gasteiger partial charge in [0.15, 0.2) is 12.4 Å². The molecule has 0 aliphatic heterocycles. The van der Waals surface area contributed by atoms with Crippen LogP contribution in [0.3, 0.4) is 0 Å². The van der Waals surface area contributed by atoms with Crippen molar-refractivity contribution in [3.05, 3.63) is 65.2 Å². The smallest absolute Gasteiger partial charge is 0.258 e. The maximum absolute atomic E-state index is 12.3. The lowest BCUT2D eigenvalue weighted by Crippen LogP contribution is -2.35. The average molecular weight is 353 g/mol. The Morgan fingerprint density at radius 1 is 1.00 bits per heavy atom. The Balaban J connectivity index is 1.95. The minimum Gasteiger partial charge on any atom is -0.484 e. The fraction of sp³-hybridized carbons (Fsp3) is 0.364. The van der Waals surface area contributed by atoms with Gasteiger partial charge in [0.1, 0.15) is 5.75 Å². The minimum absolute atomic E-state index is 0.00293. The Labute approximate surface area is 155 Å². The Morgan fingerprint density at radius 3 is 2.12 bits per heavy atom. The number of ketones is 1. The van der Waals surface area contributed by atoms with Crippen LogP contribution in [0.1, 0.15) is 55.2 Å². The molecule has 0 saturated carbocycles. The van der Waals surface area contributed by atoms with Gasteiger partial charge in [-0.05, 0) is 54.7 Å². The van der Waals surface area contributed by atoms with E-state index in [2.05, 4.69) is 50.4 Å². The second kappa shape index (κ2) is 9.18. The fourth-order valence-corrected chi connectivity index (χ4v) is 2.75. The van der Waals surface area contributed by atoms with Gasteiger partial charge in [0, 0.05) is 5.56 Å². The van der Waals surface area contributed by atoms with Gasteiger partial charge in [-0.2, -0.15) is 0 Å². The molecule has 4 nitrogen and oxygen atoms in total. The van der Waals surface area contributed by atoms with Crippen LogP contribution in [0.5, 0.6) is 5.75 Å². The monoisotopic (exact) mass is 353 g/mol. The summed E-state index contributed by atoms with van der Waals surface area (Å²) in [6.45, 7) is 7.75. The van der Waals surface area contributed by atoms with Crippen LogP contribution in [0.2, 0.25) is 0 Å². The van der Waals surface area contributed by atoms with E-state index in [1.807, 2.05) is 0 Å². The molecule has 4 heteroatoms. The molecular weight excluding hydrogens is 326 g/mol. The Kier molecular flexibility index (Phi) is 6.96. The van der Waals surface area contributed by atoms with Gasteiger partial charge in [-0.3, -0.25) is 9.59 Å². The van der Waals surface area contributed by atoms with E-state index in [1.165, 1.54) is 12.5 Å². The van der Waals surface area contributed by atoms with E-state index in [4.69, 9.17) is 4.74 Å². The number of rotatable bonds is 8. The van der Waals surface area contributed by atoms with E-state index in [1.54, 1.807) is 24.3 Å². The number of benzene rings is 2. The number of carbonyl (C=O) groups is 2. The molecule has 0 spiro atoms. The van der Waals surface area contributed by atoms with Crippen LogP contribution >= 0.6 is 0 Å². The summed E-state index contributed by atoms with van der Waals surface area (Å²) in [6, 6.07) is 15.1. The van der Waals surface area contributed by atoms with E-state index >= 15 is 0 Å². The summed E-state index contributed by atoms with van der Waals surface area (Å²) in [6.07, 6.45) is 0.995. The van der Waals surface area contributed by atoms with Crippen molar-refractivity contribution in [3.8, 4) is 5.75 Å². The van der Waals surface area contributed by atoms with Crippen LogP contribution in [0.4, 0.5) is 0 Å². The Hall–Kier alpha value is -2.62. The lowest BCUT2D eigenvalue weighted by Gasteiger charge is -2.23. The number of nitrogens with one attached hydrogen (secondary N) is 1. The highest BCUT2D eigenvalue weighted by molar-refractivity contribution is 5.94. The Morgan fingerprint density at radius 2 is 1.62 bits per heavy atom. The van der Waals surface area contributed by atoms with Crippen molar-refractivity contribution >= 4 is 11.7 Å². The first kappa shape index (κ1) is 19.7. The molecule has 2 aromatic carbocycles. The third-order valence-corrected chi connectivity index (χ3v) is 4.36. The molecule has 1 amide bonds. The van der Waals surface area contributed by atoms with Gasteiger partial charge >= 0.3 is 0 Å². The van der Waals surface area contributed by atoms with E-state index in [0.29, 0.717) is 11.3 Å². The predicted molar refractivity (Wildman–Crippen MR) is 103 cm³/mol. The van der Waals surface area contributed by atoms with Crippen molar-refractivity contribution in [1.29, 1.82) is 0 Å². The van der Waals surface area contributed by atoms with Crippen molar-refractivity contribution < 1.29 is 14.3 Å². The summed E-state index contributed by atoms with van der Waals surface area (Å²) in [7, 11) is 0. The highest BCUT2D eigenvalue weighted by Crippen LogP contribution is 2.22. The molecule has 2 aromatic rings. The second-order valence-electron chi connectivity index (χ2n) is 6.75. The van der Waals surface area contributed by atoms with Crippen molar-refractivity contribution in [2.24, 2.45) is 5.92 Å². The normalized spacial score (nSPS) is 11.9. The molecule has 2 rings (SSSR count). The molecule has 138 valence electrons. The van der Waals surface area contributed by atoms with Gasteiger partial charge in [-0.1, -0.05) is 45.0 Å². The molecule has 1 atom stereocenters. The standard InChI is InChI=1S/C22H27NO3/c1-5-17-6-8-19(9-7-17)22(15(2)3)23-21(25)14-26-20-12-10-18(11-13-20)16(4)24/h6-13,15,22H,5,14H2,1-4H3,(H,23,25). The zero-order valence-corrected chi connectivity index (χ0v) is 15.9. The molecule has 1 unspecified atom stereocenters. The summed E-state index contributed by atoms with van der Waals surface area (Å²) in [5.74, 6) is 0.668. The van der Waals surface area contributed by atoms with Crippen LogP contribution in [0, 0.1) is 5.92 Å². The Bertz CT molecular complexity index is 733. The van der Waals surface area contributed by atoms with Crippen molar-refractivity contribution in [2.45, 2.75) is 40.2 Å². The summed E-state index contributed by atoms with van der Waals surface area (Å²) in [5, 5.41) is 3.05. The van der Waals surface area contributed by atoms with Crippen LogP contribution in [-0.4, -0.2) is 18.3 Å². The van der Waals surface area contributed by atoms with Crippen LogP contribution in [0.25, 0.3) is 0 Å². The molecule has 0 aliphatic carbocycles. The van der Waals surface area contributed by atoms with E-state index in [-0.39, 0.29) is 30.3 Å². The first-order valence-corrected chi connectivity index (χ1v) is 9.02. The number of amides is 1. The lowest BCUT2D eigenvalue weighted by atomic mass is 9.95. The van der Waals surface area contributed by atoms with Crippen molar-refractivity contribution in [3.63, 3.8) is 0 Å². The summed E-state index contributed by atoms with van der Waals surface area (Å²) < 4.78 is 5.53.